The highest BCUT2D eigenvalue weighted by Gasteiger charge is 2.36. The summed E-state index contributed by atoms with van der Waals surface area (Å²) in [5.41, 5.74) is 2.68. The zero-order chi connectivity index (χ0) is 18.0. The summed E-state index contributed by atoms with van der Waals surface area (Å²) in [6.07, 6.45) is 1.48. The van der Waals surface area contributed by atoms with E-state index in [1.807, 2.05) is 48.5 Å². The fourth-order valence-corrected chi connectivity index (χ4v) is 3.92. The van der Waals surface area contributed by atoms with Gasteiger partial charge in [-0.25, -0.2) is 0 Å². The predicted octanol–water partition coefficient (Wildman–Crippen LogP) is 2.09. The molecule has 1 fully saturated rings. The molecule has 0 saturated carbocycles. The standard InChI is InChI=1S/C21H24N2O3/c24-20(17-6-2-4-8-19(17)23-11-13-26-14-12-23)22-15-21(25)10-9-16-5-1-3-7-18(16)21/h1-8,25H,9-15H2,(H,22,24). The molecule has 1 aliphatic heterocycles. The lowest BCUT2D eigenvalue weighted by atomic mass is 9.96. The number of hydrogen-bond acceptors (Lipinski definition) is 4. The van der Waals surface area contributed by atoms with Gasteiger partial charge in [0.2, 0.25) is 0 Å². The molecule has 1 heterocycles. The Kier molecular flexibility index (Phi) is 4.66. The van der Waals surface area contributed by atoms with Gasteiger partial charge in [-0.05, 0) is 36.1 Å². The lowest BCUT2D eigenvalue weighted by Crippen LogP contribution is -2.41. The van der Waals surface area contributed by atoms with Crippen LogP contribution in [0.3, 0.4) is 0 Å². The van der Waals surface area contributed by atoms with Crippen molar-refractivity contribution in [1.29, 1.82) is 0 Å². The minimum atomic E-state index is -0.986. The van der Waals surface area contributed by atoms with E-state index in [-0.39, 0.29) is 12.5 Å². The summed E-state index contributed by atoms with van der Waals surface area (Å²) in [5, 5.41) is 14.0. The van der Waals surface area contributed by atoms with Gasteiger partial charge in [-0.15, -0.1) is 0 Å². The number of aryl methyl sites for hydroxylation is 1. The highest BCUT2D eigenvalue weighted by molar-refractivity contribution is 5.99. The van der Waals surface area contributed by atoms with E-state index in [0.717, 1.165) is 36.3 Å². The van der Waals surface area contributed by atoms with Gasteiger partial charge < -0.3 is 20.1 Å². The van der Waals surface area contributed by atoms with Crippen LogP contribution >= 0.6 is 0 Å². The maximum atomic E-state index is 12.8. The number of fused-ring (bicyclic) bond motifs is 1. The highest BCUT2D eigenvalue weighted by Crippen LogP contribution is 2.36. The summed E-state index contributed by atoms with van der Waals surface area (Å²) in [5.74, 6) is -0.148. The monoisotopic (exact) mass is 352 g/mol. The Morgan fingerprint density at radius 2 is 1.85 bits per heavy atom. The van der Waals surface area contributed by atoms with E-state index >= 15 is 0 Å². The van der Waals surface area contributed by atoms with E-state index < -0.39 is 5.60 Å². The third-order valence-corrected chi connectivity index (χ3v) is 5.37. The van der Waals surface area contributed by atoms with Gasteiger partial charge in [0, 0.05) is 18.8 Å². The lowest BCUT2D eigenvalue weighted by Gasteiger charge is -2.30. The van der Waals surface area contributed by atoms with Crippen LogP contribution in [0.15, 0.2) is 48.5 Å². The number of carbonyl (C=O) groups excluding carboxylic acids is 1. The largest absolute Gasteiger partial charge is 0.383 e. The quantitative estimate of drug-likeness (QED) is 0.885. The van der Waals surface area contributed by atoms with E-state index in [0.29, 0.717) is 25.2 Å². The molecule has 136 valence electrons. The van der Waals surface area contributed by atoms with Crippen LogP contribution in [0.2, 0.25) is 0 Å². The Morgan fingerprint density at radius 3 is 2.69 bits per heavy atom. The molecular formula is C21H24N2O3. The molecule has 0 bridgehead atoms. The summed E-state index contributed by atoms with van der Waals surface area (Å²) in [4.78, 5) is 15.0. The Labute approximate surface area is 153 Å². The van der Waals surface area contributed by atoms with Crippen LogP contribution in [0.4, 0.5) is 5.69 Å². The van der Waals surface area contributed by atoms with E-state index in [4.69, 9.17) is 4.74 Å². The topological polar surface area (TPSA) is 61.8 Å². The van der Waals surface area contributed by atoms with Crippen molar-refractivity contribution in [2.75, 3.05) is 37.7 Å². The molecule has 5 heteroatoms. The predicted molar refractivity (Wildman–Crippen MR) is 100 cm³/mol. The molecule has 0 spiro atoms. The molecule has 2 aromatic rings. The minimum Gasteiger partial charge on any atom is -0.383 e. The van der Waals surface area contributed by atoms with Gasteiger partial charge in [-0.2, -0.15) is 0 Å². The van der Waals surface area contributed by atoms with Gasteiger partial charge >= 0.3 is 0 Å². The number of aliphatic hydroxyl groups is 1. The lowest BCUT2D eigenvalue weighted by molar-refractivity contribution is 0.0369. The smallest absolute Gasteiger partial charge is 0.253 e. The summed E-state index contributed by atoms with van der Waals surface area (Å²) >= 11 is 0. The molecule has 1 atom stereocenters. The van der Waals surface area contributed by atoms with Crippen molar-refractivity contribution in [2.24, 2.45) is 0 Å². The number of carbonyl (C=O) groups is 1. The van der Waals surface area contributed by atoms with Gasteiger partial charge in [0.25, 0.3) is 5.91 Å². The van der Waals surface area contributed by atoms with Gasteiger partial charge in [0.05, 0.1) is 25.3 Å². The van der Waals surface area contributed by atoms with Crippen LogP contribution in [0.1, 0.15) is 27.9 Å². The maximum Gasteiger partial charge on any atom is 0.253 e. The molecule has 4 rings (SSSR count). The minimum absolute atomic E-state index is 0.148. The first-order valence-electron chi connectivity index (χ1n) is 9.18. The third kappa shape index (κ3) is 3.20. The number of para-hydroxylation sites is 1. The molecule has 1 amide bonds. The second kappa shape index (κ2) is 7.09. The van der Waals surface area contributed by atoms with Crippen molar-refractivity contribution < 1.29 is 14.6 Å². The van der Waals surface area contributed by atoms with Gasteiger partial charge in [0.15, 0.2) is 0 Å². The number of ether oxygens (including phenoxy) is 1. The molecule has 1 saturated heterocycles. The second-order valence-electron chi connectivity index (χ2n) is 6.99. The molecule has 2 aliphatic rings. The van der Waals surface area contributed by atoms with Crippen molar-refractivity contribution in [3.05, 3.63) is 65.2 Å². The van der Waals surface area contributed by atoms with Crippen molar-refractivity contribution in [3.8, 4) is 0 Å². The molecule has 0 radical (unpaired) electrons. The van der Waals surface area contributed by atoms with E-state index in [9.17, 15) is 9.90 Å². The summed E-state index contributed by atoms with van der Waals surface area (Å²) < 4.78 is 5.41. The van der Waals surface area contributed by atoms with Gasteiger partial charge in [-0.1, -0.05) is 36.4 Å². The zero-order valence-electron chi connectivity index (χ0n) is 14.8. The first-order chi connectivity index (χ1) is 12.7. The van der Waals surface area contributed by atoms with Crippen LogP contribution in [-0.4, -0.2) is 43.9 Å². The number of anilines is 1. The number of morpholine rings is 1. The number of nitrogens with one attached hydrogen (secondary N) is 1. The molecule has 1 unspecified atom stereocenters. The normalized spacial score (nSPS) is 22.1. The van der Waals surface area contributed by atoms with Crippen molar-refractivity contribution >= 4 is 11.6 Å². The van der Waals surface area contributed by atoms with E-state index in [1.165, 1.54) is 0 Å². The maximum absolute atomic E-state index is 12.8. The van der Waals surface area contributed by atoms with Crippen molar-refractivity contribution in [1.82, 2.24) is 5.32 Å². The second-order valence-corrected chi connectivity index (χ2v) is 6.99. The van der Waals surface area contributed by atoms with Crippen LogP contribution in [0.5, 0.6) is 0 Å². The molecular weight excluding hydrogens is 328 g/mol. The molecule has 0 aromatic heterocycles. The first-order valence-corrected chi connectivity index (χ1v) is 9.18. The molecule has 1 aliphatic carbocycles. The van der Waals surface area contributed by atoms with Gasteiger partial charge in [-0.3, -0.25) is 4.79 Å². The average Bonchev–Trinajstić information content (AvgIpc) is 3.04. The van der Waals surface area contributed by atoms with Crippen molar-refractivity contribution in [2.45, 2.75) is 18.4 Å². The fourth-order valence-electron chi connectivity index (χ4n) is 3.92. The summed E-state index contributed by atoms with van der Waals surface area (Å²) in [6, 6.07) is 15.6. The first kappa shape index (κ1) is 17.1. The number of amides is 1. The fraction of sp³-hybridized carbons (Fsp3) is 0.381. The Bertz CT molecular complexity index is 801. The number of hydrogen-bond donors (Lipinski definition) is 2. The van der Waals surface area contributed by atoms with Crippen LogP contribution in [0.25, 0.3) is 0 Å². The highest BCUT2D eigenvalue weighted by atomic mass is 16.5. The van der Waals surface area contributed by atoms with Crippen LogP contribution < -0.4 is 10.2 Å². The average molecular weight is 352 g/mol. The Hall–Kier alpha value is -2.37. The summed E-state index contributed by atoms with van der Waals surface area (Å²) in [7, 11) is 0. The van der Waals surface area contributed by atoms with E-state index in [1.54, 1.807) is 0 Å². The van der Waals surface area contributed by atoms with E-state index in [2.05, 4.69) is 10.2 Å². The molecule has 5 nitrogen and oxygen atoms in total. The van der Waals surface area contributed by atoms with Crippen molar-refractivity contribution in [3.63, 3.8) is 0 Å². The Balaban J connectivity index is 1.49. The number of benzene rings is 2. The molecule has 26 heavy (non-hydrogen) atoms. The summed E-state index contributed by atoms with van der Waals surface area (Å²) in [6.45, 7) is 3.13. The number of rotatable bonds is 4. The van der Waals surface area contributed by atoms with Gasteiger partial charge in [0.1, 0.15) is 5.60 Å². The SMILES string of the molecule is O=C(NCC1(O)CCc2ccccc21)c1ccccc1N1CCOCC1. The molecule has 2 N–H and O–H groups in total. The molecule has 2 aromatic carbocycles. The van der Waals surface area contributed by atoms with Crippen LogP contribution in [0, 0.1) is 0 Å². The number of nitrogens with zero attached hydrogens (tertiary/aromatic N) is 1. The third-order valence-electron chi connectivity index (χ3n) is 5.37. The Morgan fingerprint density at radius 1 is 1.12 bits per heavy atom. The zero-order valence-corrected chi connectivity index (χ0v) is 14.8. The van der Waals surface area contributed by atoms with Crippen LogP contribution in [-0.2, 0) is 16.8 Å².